The number of hydrogen-bond donors (Lipinski definition) is 1. The molecule has 1 amide bonds. The normalized spacial score (nSPS) is 21.6. The number of fused-ring (bicyclic) bond motifs is 1. The lowest BCUT2D eigenvalue weighted by Gasteiger charge is -2.35. The second kappa shape index (κ2) is 10.2. The molecular weight excluding hydrogens is 428 g/mol. The Morgan fingerprint density at radius 2 is 1.94 bits per heavy atom. The van der Waals surface area contributed by atoms with Crippen LogP contribution in [0, 0.1) is 32.6 Å². The number of amides is 1. The van der Waals surface area contributed by atoms with E-state index in [-0.39, 0.29) is 11.9 Å². The number of nitrogens with two attached hydrogens (primary N) is 1. The van der Waals surface area contributed by atoms with Crippen molar-refractivity contribution in [1.82, 2.24) is 19.9 Å². The summed E-state index contributed by atoms with van der Waals surface area (Å²) in [6.45, 7) is 11.0. The number of nitrogens with zero attached hydrogens (tertiary/aromatic N) is 5. The molecule has 2 fully saturated rings. The molecule has 2 aromatic rings. The Labute approximate surface area is 200 Å². The van der Waals surface area contributed by atoms with Gasteiger partial charge in [-0.2, -0.15) is 0 Å². The van der Waals surface area contributed by atoms with Gasteiger partial charge in [-0.05, 0) is 75.9 Å². The monoisotopic (exact) mass is 460 g/mol. The number of ether oxygens (including phenoxy) is 1. The zero-order chi connectivity index (χ0) is 24.2. The van der Waals surface area contributed by atoms with Crippen molar-refractivity contribution < 1.29 is 9.53 Å². The van der Waals surface area contributed by atoms with E-state index < -0.39 is 0 Å². The molecule has 1 aliphatic carbocycles. The highest BCUT2D eigenvalue weighted by atomic mass is 16.5. The molecule has 1 saturated heterocycles. The molecule has 0 unspecified atom stereocenters. The van der Waals surface area contributed by atoms with E-state index >= 15 is 0 Å². The highest BCUT2D eigenvalue weighted by Crippen LogP contribution is 2.48. The molecule has 0 spiro atoms. The summed E-state index contributed by atoms with van der Waals surface area (Å²) in [6.07, 6.45) is 7.44. The van der Waals surface area contributed by atoms with Crippen molar-refractivity contribution in [1.29, 1.82) is 0 Å². The van der Waals surface area contributed by atoms with E-state index in [4.69, 9.17) is 10.5 Å². The van der Waals surface area contributed by atoms with Gasteiger partial charge in [-0.15, -0.1) is 0 Å². The first-order valence-corrected chi connectivity index (χ1v) is 11.7. The topological polar surface area (TPSA) is 107 Å². The molecule has 2 aromatic heterocycles. The number of carbonyl (C=O) groups excluding carboxylic acids is 1. The van der Waals surface area contributed by atoms with Crippen LogP contribution in [0.3, 0.4) is 0 Å². The predicted octanol–water partition coefficient (Wildman–Crippen LogP) is 3.63. The van der Waals surface area contributed by atoms with Crippen molar-refractivity contribution in [3.05, 3.63) is 65.4 Å². The maximum absolute atomic E-state index is 13.8. The summed E-state index contributed by atoms with van der Waals surface area (Å²) >= 11 is 0. The number of piperidine rings is 1. The number of likely N-dealkylation sites (tertiary alicyclic amines) is 1. The van der Waals surface area contributed by atoms with Crippen LogP contribution in [0.1, 0.15) is 52.4 Å². The summed E-state index contributed by atoms with van der Waals surface area (Å²) in [6, 6.07) is 6.11. The number of rotatable bonds is 8. The van der Waals surface area contributed by atoms with Crippen LogP contribution in [0.25, 0.3) is 5.70 Å². The van der Waals surface area contributed by atoms with Crippen molar-refractivity contribution >= 4 is 17.8 Å². The SMILES string of the molecule is C=C(/N=C\C=C/N)c1ccc(C)nc1C(=O)N1C[C@@H]2C[C@@H]2C[C@H]1CCOc1nc(C)cc(C)n1. The van der Waals surface area contributed by atoms with Crippen LogP contribution >= 0.6 is 0 Å². The van der Waals surface area contributed by atoms with Crippen molar-refractivity contribution in [3.8, 4) is 6.01 Å². The quantitative estimate of drug-likeness (QED) is 0.603. The first-order valence-electron chi connectivity index (χ1n) is 11.7. The lowest BCUT2D eigenvalue weighted by atomic mass is 9.98. The van der Waals surface area contributed by atoms with Crippen LogP contribution < -0.4 is 10.5 Å². The van der Waals surface area contributed by atoms with Gasteiger partial charge in [-0.1, -0.05) is 6.58 Å². The molecule has 34 heavy (non-hydrogen) atoms. The molecule has 2 aliphatic rings. The van der Waals surface area contributed by atoms with Crippen LogP contribution in [-0.4, -0.2) is 51.2 Å². The van der Waals surface area contributed by atoms with Gasteiger partial charge in [0.2, 0.25) is 0 Å². The maximum Gasteiger partial charge on any atom is 0.316 e. The van der Waals surface area contributed by atoms with E-state index in [1.807, 2.05) is 43.9 Å². The van der Waals surface area contributed by atoms with E-state index in [2.05, 4.69) is 26.5 Å². The average molecular weight is 461 g/mol. The van der Waals surface area contributed by atoms with Crippen LogP contribution in [-0.2, 0) is 0 Å². The molecule has 0 radical (unpaired) electrons. The number of aryl methyl sites for hydroxylation is 3. The van der Waals surface area contributed by atoms with E-state index in [9.17, 15) is 4.79 Å². The first-order chi connectivity index (χ1) is 16.4. The van der Waals surface area contributed by atoms with E-state index in [1.54, 1.807) is 12.3 Å². The summed E-state index contributed by atoms with van der Waals surface area (Å²) in [4.78, 5) is 33.4. The van der Waals surface area contributed by atoms with E-state index in [0.29, 0.717) is 47.8 Å². The lowest BCUT2D eigenvalue weighted by Crippen LogP contribution is -2.46. The Kier molecular flexibility index (Phi) is 7.05. The van der Waals surface area contributed by atoms with Gasteiger partial charge < -0.3 is 15.4 Å². The fourth-order valence-electron chi connectivity index (χ4n) is 4.61. The summed E-state index contributed by atoms with van der Waals surface area (Å²) in [5.74, 6) is 1.19. The zero-order valence-electron chi connectivity index (χ0n) is 20.1. The number of pyridine rings is 1. The molecule has 0 aromatic carbocycles. The van der Waals surface area contributed by atoms with Crippen LogP contribution in [0.5, 0.6) is 6.01 Å². The minimum absolute atomic E-state index is 0.0780. The molecule has 4 rings (SSSR count). The maximum atomic E-state index is 13.8. The molecule has 178 valence electrons. The van der Waals surface area contributed by atoms with Crippen molar-refractivity contribution in [2.75, 3.05) is 13.2 Å². The minimum atomic E-state index is -0.0811. The smallest absolute Gasteiger partial charge is 0.316 e. The van der Waals surface area contributed by atoms with E-state index in [0.717, 1.165) is 30.0 Å². The Morgan fingerprint density at radius 3 is 2.68 bits per heavy atom. The molecule has 3 heterocycles. The van der Waals surface area contributed by atoms with Crippen molar-refractivity contribution in [2.45, 2.75) is 46.1 Å². The lowest BCUT2D eigenvalue weighted by molar-refractivity contribution is 0.0557. The third-order valence-corrected chi connectivity index (χ3v) is 6.40. The first kappa shape index (κ1) is 23.6. The van der Waals surface area contributed by atoms with Gasteiger partial charge in [0.25, 0.3) is 5.91 Å². The summed E-state index contributed by atoms with van der Waals surface area (Å²) in [5, 5.41) is 0. The van der Waals surface area contributed by atoms with Crippen LogP contribution in [0.4, 0.5) is 0 Å². The van der Waals surface area contributed by atoms with Gasteiger partial charge in [0.1, 0.15) is 5.69 Å². The highest BCUT2D eigenvalue weighted by Gasteiger charge is 2.47. The van der Waals surface area contributed by atoms with Gasteiger partial charge in [0.05, 0.1) is 12.3 Å². The summed E-state index contributed by atoms with van der Waals surface area (Å²) < 4.78 is 5.86. The number of hydrogen-bond acceptors (Lipinski definition) is 7. The number of aromatic nitrogens is 3. The van der Waals surface area contributed by atoms with Gasteiger partial charge in [0, 0.05) is 47.9 Å². The van der Waals surface area contributed by atoms with Crippen molar-refractivity contribution in [3.63, 3.8) is 0 Å². The molecule has 8 heteroatoms. The number of aliphatic imine (C=N–C) groups is 1. The Bertz CT molecular complexity index is 1120. The third-order valence-electron chi connectivity index (χ3n) is 6.40. The summed E-state index contributed by atoms with van der Waals surface area (Å²) in [5.41, 5.74) is 9.41. The molecule has 0 bridgehead atoms. The van der Waals surface area contributed by atoms with Crippen molar-refractivity contribution in [2.24, 2.45) is 22.6 Å². The second-order valence-corrected chi connectivity index (χ2v) is 9.13. The number of allylic oxidation sites excluding steroid dienone is 1. The second-order valence-electron chi connectivity index (χ2n) is 9.13. The molecule has 3 atom stereocenters. The third kappa shape index (κ3) is 5.50. The van der Waals surface area contributed by atoms with Crippen LogP contribution in [0.15, 0.2) is 42.0 Å². The Balaban J connectivity index is 1.51. The zero-order valence-corrected chi connectivity index (χ0v) is 20.1. The van der Waals surface area contributed by atoms with Gasteiger partial charge in [-0.25, -0.2) is 15.0 Å². The molecule has 8 nitrogen and oxygen atoms in total. The van der Waals surface area contributed by atoms with Crippen LogP contribution in [0.2, 0.25) is 0 Å². The molecule has 1 aliphatic heterocycles. The fraction of sp³-hybridized carbons (Fsp3) is 0.423. The number of carbonyl (C=O) groups is 1. The average Bonchev–Trinajstić information content (AvgIpc) is 3.56. The largest absolute Gasteiger partial charge is 0.463 e. The highest BCUT2D eigenvalue weighted by molar-refractivity contribution is 5.98. The van der Waals surface area contributed by atoms with Gasteiger partial charge >= 0.3 is 6.01 Å². The molecule has 1 saturated carbocycles. The van der Waals surface area contributed by atoms with E-state index in [1.165, 1.54) is 12.6 Å². The minimum Gasteiger partial charge on any atom is -0.463 e. The Hall–Kier alpha value is -3.55. The fourth-order valence-corrected chi connectivity index (χ4v) is 4.61. The predicted molar refractivity (Wildman–Crippen MR) is 132 cm³/mol. The Morgan fingerprint density at radius 1 is 1.18 bits per heavy atom. The standard InChI is InChI=1S/C26H32N6O2/c1-16-6-7-23(19(4)28-10-5-9-27)24(29-16)25(33)32-15-21-13-20(21)14-22(32)8-11-34-26-30-17(2)12-18(3)31-26/h5-7,9-10,12,20-22H,4,8,11,13-15,27H2,1-3H3/b9-5-,28-10-/t20-,21+,22-/m1/s1. The molecular formula is C26H32N6O2. The van der Waals surface area contributed by atoms with Gasteiger partial charge in [-0.3, -0.25) is 9.79 Å². The van der Waals surface area contributed by atoms with Gasteiger partial charge in [0.15, 0.2) is 0 Å². The molecule has 2 N–H and O–H groups in total. The summed E-state index contributed by atoms with van der Waals surface area (Å²) in [7, 11) is 0.